The molecule has 1 aliphatic rings. The number of amides is 1. The number of aromatic amines is 1. The Morgan fingerprint density at radius 1 is 1.36 bits per heavy atom. The fraction of sp³-hybridized carbons (Fsp3) is 0.263. The number of aryl methyl sites for hydroxylation is 1. The molecule has 0 fully saturated rings. The lowest BCUT2D eigenvalue weighted by atomic mass is 10.0. The van der Waals surface area contributed by atoms with Crippen LogP contribution in [0.3, 0.4) is 0 Å². The quantitative estimate of drug-likeness (QED) is 0.586. The lowest BCUT2D eigenvalue weighted by Crippen LogP contribution is -2.41. The monoisotopic (exact) mass is 378 g/mol. The summed E-state index contributed by atoms with van der Waals surface area (Å²) in [5.74, 6) is 0.856. The van der Waals surface area contributed by atoms with E-state index in [4.69, 9.17) is 9.15 Å². The molecule has 4 aromatic rings. The van der Waals surface area contributed by atoms with Gasteiger partial charge in [-0.05, 0) is 18.2 Å². The number of rotatable bonds is 3. The highest BCUT2D eigenvalue weighted by molar-refractivity contribution is 5.93. The Morgan fingerprint density at radius 3 is 3.04 bits per heavy atom. The second kappa shape index (κ2) is 6.22. The molecular formula is C19H18N6O3. The highest BCUT2D eigenvalue weighted by Gasteiger charge is 2.38. The van der Waals surface area contributed by atoms with E-state index in [1.54, 1.807) is 42.3 Å². The van der Waals surface area contributed by atoms with Crippen molar-refractivity contribution in [3.8, 4) is 5.75 Å². The number of nitrogens with one attached hydrogen (secondary N) is 1. The Hall–Kier alpha value is -3.62. The molecule has 142 valence electrons. The summed E-state index contributed by atoms with van der Waals surface area (Å²) in [5.41, 5.74) is 3.44. The highest BCUT2D eigenvalue weighted by Crippen LogP contribution is 2.37. The zero-order valence-corrected chi connectivity index (χ0v) is 15.4. The molecule has 1 N–H and O–H groups in total. The SMILES string of the molecule is COc1cccc2nc([C@@H]3c4nc[nH]c4CCN3C(=O)c3ccnn3C)oc12. The van der Waals surface area contributed by atoms with E-state index < -0.39 is 6.04 Å². The number of imidazole rings is 1. The molecular weight excluding hydrogens is 360 g/mol. The summed E-state index contributed by atoms with van der Waals surface area (Å²) in [7, 11) is 3.33. The van der Waals surface area contributed by atoms with Gasteiger partial charge >= 0.3 is 0 Å². The number of oxazole rings is 1. The fourth-order valence-corrected chi connectivity index (χ4v) is 3.70. The van der Waals surface area contributed by atoms with Crippen molar-refractivity contribution in [2.45, 2.75) is 12.5 Å². The van der Waals surface area contributed by atoms with Gasteiger partial charge in [-0.2, -0.15) is 5.10 Å². The van der Waals surface area contributed by atoms with Gasteiger partial charge in [0.1, 0.15) is 11.2 Å². The van der Waals surface area contributed by atoms with E-state index in [0.29, 0.717) is 41.4 Å². The van der Waals surface area contributed by atoms with Gasteiger partial charge in [0.25, 0.3) is 5.91 Å². The maximum Gasteiger partial charge on any atom is 0.273 e. The van der Waals surface area contributed by atoms with Crippen molar-refractivity contribution in [2.75, 3.05) is 13.7 Å². The molecule has 1 amide bonds. The van der Waals surface area contributed by atoms with Crippen molar-refractivity contribution in [3.63, 3.8) is 0 Å². The van der Waals surface area contributed by atoms with E-state index >= 15 is 0 Å². The van der Waals surface area contributed by atoms with Crippen molar-refractivity contribution < 1.29 is 13.9 Å². The van der Waals surface area contributed by atoms with Crippen LogP contribution in [0.4, 0.5) is 0 Å². The van der Waals surface area contributed by atoms with Crippen LogP contribution in [0, 0.1) is 0 Å². The minimum absolute atomic E-state index is 0.145. The summed E-state index contributed by atoms with van der Waals surface area (Å²) in [6.45, 7) is 0.514. The third-order valence-electron chi connectivity index (χ3n) is 5.08. The zero-order chi connectivity index (χ0) is 19.3. The van der Waals surface area contributed by atoms with Crippen molar-refractivity contribution in [1.29, 1.82) is 0 Å². The normalized spacial score (nSPS) is 16.4. The van der Waals surface area contributed by atoms with Gasteiger partial charge < -0.3 is 19.0 Å². The second-order valence-corrected chi connectivity index (χ2v) is 6.62. The minimum atomic E-state index is -0.533. The summed E-state index contributed by atoms with van der Waals surface area (Å²) in [4.78, 5) is 27.3. The van der Waals surface area contributed by atoms with Crippen molar-refractivity contribution in [3.05, 3.63) is 59.8 Å². The number of nitrogens with zero attached hydrogens (tertiary/aromatic N) is 5. The van der Waals surface area contributed by atoms with E-state index in [0.717, 1.165) is 11.4 Å². The first-order valence-corrected chi connectivity index (χ1v) is 8.92. The summed E-state index contributed by atoms with van der Waals surface area (Å²) >= 11 is 0. The first-order valence-electron chi connectivity index (χ1n) is 8.92. The lowest BCUT2D eigenvalue weighted by molar-refractivity contribution is 0.0656. The Balaban J connectivity index is 1.65. The Kier molecular flexibility index (Phi) is 3.68. The maximum absolute atomic E-state index is 13.3. The number of hydrogen-bond acceptors (Lipinski definition) is 6. The Bertz CT molecular complexity index is 1170. The number of aromatic nitrogens is 5. The van der Waals surface area contributed by atoms with Gasteiger partial charge in [-0.25, -0.2) is 9.97 Å². The molecule has 0 saturated heterocycles. The number of carbonyl (C=O) groups excluding carboxylic acids is 1. The molecule has 0 aliphatic carbocycles. The number of fused-ring (bicyclic) bond motifs is 2. The number of H-pyrrole nitrogens is 1. The molecule has 9 nitrogen and oxygen atoms in total. The number of methoxy groups -OCH3 is 1. The molecule has 0 spiro atoms. The predicted octanol–water partition coefficient (Wildman–Crippen LogP) is 2.08. The van der Waals surface area contributed by atoms with E-state index in [1.165, 1.54) is 0 Å². The predicted molar refractivity (Wildman–Crippen MR) is 98.9 cm³/mol. The van der Waals surface area contributed by atoms with E-state index in [1.807, 2.05) is 18.2 Å². The lowest BCUT2D eigenvalue weighted by Gasteiger charge is -2.32. The largest absolute Gasteiger partial charge is 0.493 e. The first-order chi connectivity index (χ1) is 13.7. The van der Waals surface area contributed by atoms with Crippen LogP contribution in [0.2, 0.25) is 0 Å². The standard InChI is InChI=1S/C19H18N6O3/c1-24-13(6-8-22-24)19(26)25-9-7-11-15(21-10-20-11)16(25)18-23-12-4-3-5-14(27-2)17(12)28-18/h3-6,8,10,16H,7,9H2,1-2H3,(H,20,21)/t16-/m0/s1. The topological polar surface area (TPSA) is 102 Å². The van der Waals surface area contributed by atoms with Crippen LogP contribution in [0.5, 0.6) is 5.75 Å². The Labute approximate surface area is 159 Å². The van der Waals surface area contributed by atoms with Gasteiger partial charge in [0.05, 0.1) is 19.1 Å². The average molecular weight is 378 g/mol. The number of carbonyl (C=O) groups is 1. The molecule has 0 saturated carbocycles. The fourth-order valence-electron chi connectivity index (χ4n) is 3.70. The van der Waals surface area contributed by atoms with Crippen LogP contribution < -0.4 is 4.74 Å². The molecule has 5 rings (SSSR count). The van der Waals surface area contributed by atoms with Crippen LogP contribution >= 0.6 is 0 Å². The number of para-hydroxylation sites is 1. The molecule has 0 radical (unpaired) electrons. The van der Waals surface area contributed by atoms with Crippen LogP contribution in [0.25, 0.3) is 11.1 Å². The molecule has 3 aromatic heterocycles. The smallest absolute Gasteiger partial charge is 0.273 e. The molecule has 1 atom stereocenters. The third-order valence-corrected chi connectivity index (χ3v) is 5.08. The van der Waals surface area contributed by atoms with Gasteiger partial charge in [-0.15, -0.1) is 0 Å². The molecule has 9 heteroatoms. The van der Waals surface area contributed by atoms with Gasteiger partial charge in [0.2, 0.25) is 5.89 Å². The summed E-state index contributed by atoms with van der Waals surface area (Å²) in [6.07, 6.45) is 3.92. The van der Waals surface area contributed by atoms with Gasteiger partial charge in [0, 0.05) is 31.9 Å². The summed E-state index contributed by atoms with van der Waals surface area (Å²) in [5, 5.41) is 4.11. The molecule has 0 bridgehead atoms. The Morgan fingerprint density at radius 2 is 2.25 bits per heavy atom. The van der Waals surface area contributed by atoms with Crippen molar-refractivity contribution in [2.24, 2.45) is 7.05 Å². The highest BCUT2D eigenvalue weighted by atomic mass is 16.5. The van der Waals surface area contributed by atoms with Crippen molar-refractivity contribution >= 4 is 17.0 Å². The van der Waals surface area contributed by atoms with Crippen LogP contribution in [0.15, 0.2) is 41.2 Å². The molecule has 1 aromatic carbocycles. The second-order valence-electron chi connectivity index (χ2n) is 6.62. The van der Waals surface area contributed by atoms with E-state index in [-0.39, 0.29) is 5.91 Å². The average Bonchev–Trinajstić information content (AvgIpc) is 3.44. The molecule has 1 aliphatic heterocycles. The number of benzene rings is 1. The number of hydrogen-bond donors (Lipinski definition) is 1. The molecule has 28 heavy (non-hydrogen) atoms. The zero-order valence-electron chi connectivity index (χ0n) is 15.4. The first kappa shape index (κ1) is 16.5. The van der Waals surface area contributed by atoms with E-state index in [9.17, 15) is 4.79 Å². The third kappa shape index (κ3) is 2.39. The van der Waals surface area contributed by atoms with Crippen molar-refractivity contribution in [1.82, 2.24) is 29.6 Å². The van der Waals surface area contributed by atoms with Crippen LogP contribution in [-0.4, -0.2) is 49.2 Å². The van der Waals surface area contributed by atoms with Crippen LogP contribution in [0.1, 0.15) is 33.8 Å². The summed E-state index contributed by atoms with van der Waals surface area (Å²) in [6, 6.07) is 6.69. The van der Waals surface area contributed by atoms with Gasteiger partial charge in [-0.3, -0.25) is 9.48 Å². The van der Waals surface area contributed by atoms with Crippen LogP contribution in [-0.2, 0) is 13.5 Å². The summed E-state index contributed by atoms with van der Waals surface area (Å²) < 4.78 is 13.0. The molecule has 0 unspecified atom stereocenters. The maximum atomic E-state index is 13.3. The van der Waals surface area contributed by atoms with Gasteiger partial charge in [-0.1, -0.05) is 6.07 Å². The van der Waals surface area contributed by atoms with E-state index in [2.05, 4.69) is 20.1 Å². The van der Waals surface area contributed by atoms with Gasteiger partial charge in [0.15, 0.2) is 17.4 Å². The number of ether oxygens (including phenoxy) is 1. The minimum Gasteiger partial charge on any atom is -0.493 e. The molecule has 4 heterocycles.